The molecule has 12 aromatic carbocycles. The Bertz CT molecular complexity index is 6840. The number of pyridine rings is 4. The topological polar surface area (TPSA) is 15.5 Å². The molecule has 0 N–H and O–H groups in total. The molecule has 4 heterocycles. The largest absolute Gasteiger partial charge is 0.212 e. The van der Waals surface area contributed by atoms with Crippen molar-refractivity contribution < 1.29 is 18.3 Å². The zero-order chi connectivity index (χ0) is 84.9. The fraction of sp³-hybridized carbons (Fsp3) is 0.276. The van der Waals surface area contributed by atoms with Crippen LogP contribution in [0.2, 0.25) is 0 Å². The maximum Gasteiger partial charge on any atom is 0.212 e. The van der Waals surface area contributed by atoms with Crippen molar-refractivity contribution in [2.75, 3.05) is 0 Å². The molecule has 0 amide bonds. The number of hydrogen-bond donors (Lipinski definition) is 0. The number of aromatic nitrogens is 4. The summed E-state index contributed by atoms with van der Waals surface area (Å²) >= 11 is 0. The minimum atomic E-state index is -0.0430. The van der Waals surface area contributed by atoms with Gasteiger partial charge in [-0.05, 0) is 281 Å². The summed E-state index contributed by atoms with van der Waals surface area (Å²) in [7, 11) is 8.63. The maximum absolute atomic E-state index is 2.46. The molecule has 120 heavy (non-hydrogen) atoms. The lowest BCUT2D eigenvalue weighted by molar-refractivity contribution is -0.660. The zero-order valence-electron chi connectivity index (χ0n) is 75.6. The van der Waals surface area contributed by atoms with Crippen molar-refractivity contribution in [1.82, 2.24) is 0 Å². The second kappa shape index (κ2) is 29.6. The van der Waals surface area contributed by atoms with Crippen molar-refractivity contribution in [2.24, 2.45) is 28.2 Å². The van der Waals surface area contributed by atoms with E-state index >= 15 is 0 Å². The third-order valence-electron chi connectivity index (χ3n) is 30.0. The fourth-order valence-electron chi connectivity index (χ4n) is 21.4. The van der Waals surface area contributed by atoms with Gasteiger partial charge >= 0.3 is 0 Å². The highest BCUT2D eigenvalue weighted by Gasteiger charge is 2.51. The van der Waals surface area contributed by atoms with Crippen LogP contribution in [-0.2, 0) is 73.5 Å². The van der Waals surface area contributed by atoms with Gasteiger partial charge in [-0.25, -0.2) is 18.3 Å². The highest BCUT2D eigenvalue weighted by molar-refractivity contribution is 6.03. The fourth-order valence-corrected chi connectivity index (χ4v) is 21.4. The normalized spacial score (nSPS) is 15.3. The monoisotopic (exact) mass is 1570 g/mol. The molecular formula is C116H120N4+4. The minimum Gasteiger partial charge on any atom is -0.201 e. The van der Waals surface area contributed by atoms with Gasteiger partial charge < -0.3 is 0 Å². The highest BCUT2D eigenvalue weighted by atomic mass is 14.9. The molecule has 600 valence electrons. The Labute approximate surface area is 714 Å². The quantitative estimate of drug-likeness (QED) is 0.156. The molecule has 4 aromatic heterocycles. The second-order valence-corrected chi connectivity index (χ2v) is 38.9. The molecule has 0 radical (unpaired) electrons. The molecule has 0 saturated carbocycles. The Kier molecular flexibility index (Phi) is 19.9. The van der Waals surface area contributed by atoms with Crippen LogP contribution in [0.15, 0.2) is 267 Å². The van der Waals surface area contributed by atoms with Crippen molar-refractivity contribution in [3.63, 3.8) is 0 Å². The third kappa shape index (κ3) is 13.0. The molecule has 4 aliphatic carbocycles. The van der Waals surface area contributed by atoms with E-state index in [-0.39, 0.29) is 32.5 Å². The van der Waals surface area contributed by atoms with E-state index in [2.05, 4.69) is 452 Å². The van der Waals surface area contributed by atoms with Gasteiger partial charge in [-0.15, -0.1) is 0 Å². The molecule has 0 fully saturated rings. The molecule has 0 saturated heterocycles. The summed E-state index contributed by atoms with van der Waals surface area (Å²) in [5.74, 6) is 0. The lowest BCUT2D eigenvalue weighted by Crippen LogP contribution is -2.45. The van der Waals surface area contributed by atoms with E-state index in [9.17, 15) is 0 Å². The van der Waals surface area contributed by atoms with E-state index in [1.165, 1.54) is 222 Å². The maximum atomic E-state index is 2.46. The molecule has 0 spiro atoms. The third-order valence-corrected chi connectivity index (χ3v) is 30.0. The Balaban J connectivity index is 0.000000114. The van der Waals surface area contributed by atoms with Crippen LogP contribution in [0.5, 0.6) is 0 Å². The summed E-state index contributed by atoms with van der Waals surface area (Å²) in [6.45, 7) is 46.7. The summed E-state index contributed by atoms with van der Waals surface area (Å²) in [6.07, 6.45) is 11.1. The predicted octanol–water partition coefficient (Wildman–Crippen LogP) is 27.3. The summed E-state index contributed by atoms with van der Waals surface area (Å²) in [4.78, 5) is 0. The number of hydrogen-bond acceptors (Lipinski definition) is 0. The Hall–Kier alpha value is -11.7. The van der Waals surface area contributed by atoms with Crippen LogP contribution in [0.25, 0.3) is 133 Å². The van der Waals surface area contributed by atoms with Crippen molar-refractivity contribution in [3.8, 4) is 89.5 Å². The SMILES string of the molecule is Cc1ccc(-c2c(C)ccc3c2C(C)(C)C(C)(C)c2c-3ccc3ccccc23)[n+](C)c1.Cc1ccc(-c2c(C)ccc3c2CCc2cc4ccccc4cc2-3)[n+](C)c1.Cc1ccc(-c2cc3c(cc2C)C(C)(C)C(C)(C)c2c-3ccc3ccccc23)[n+](C)c1.Cc1ccc(-c2cc3c(cc2C)C(C)(C)C(C)(C)c2ccc4ccccc4c2-3)[n+](C)c1. The van der Waals surface area contributed by atoms with Crippen LogP contribution in [-0.4, -0.2) is 0 Å². The first-order valence-corrected chi connectivity index (χ1v) is 43.5. The van der Waals surface area contributed by atoms with Crippen LogP contribution in [0.4, 0.5) is 0 Å². The van der Waals surface area contributed by atoms with Crippen LogP contribution in [0, 0.1) is 55.4 Å². The van der Waals surface area contributed by atoms with Gasteiger partial charge in [-0.1, -0.05) is 259 Å². The second-order valence-electron chi connectivity index (χ2n) is 38.9. The Morgan fingerprint density at radius 1 is 0.225 bits per heavy atom. The zero-order valence-corrected chi connectivity index (χ0v) is 75.6. The van der Waals surface area contributed by atoms with Crippen LogP contribution in [0.3, 0.4) is 0 Å². The minimum absolute atomic E-state index is 0.0121. The summed E-state index contributed by atoms with van der Waals surface area (Å²) < 4.78 is 9.07. The van der Waals surface area contributed by atoms with E-state index in [4.69, 9.17) is 0 Å². The number of fused-ring (bicyclic) bond motifs is 19. The van der Waals surface area contributed by atoms with Gasteiger partial charge in [0, 0.05) is 73.9 Å². The van der Waals surface area contributed by atoms with E-state index in [1.807, 2.05) is 0 Å². The van der Waals surface area contributed by atoms with Crippen molar-refractivity contribution in [1.29, 1.82) is 0 Å². The smallest absolute Gasteiger partial charge is 0.201 e. The first-order chi connectivity index (χ1) is 57.0. The van der Waals surface area contributed by atoms with Crippen LogP contribution < -0.4 is 18.3 Å². The first kappa shape index (κ1) is 80.7. The van der Waals surface area contributed by atoms with Crippen molar-refractivity contribution in [2.45, 2.75) is 184 Å². The van der Waals surface area contributed by atoms with Crippen LogP contribution in [0.1, 0.15) is 172 Å². The number of aryl methyl sites for hydroxylation is 13. The van der Waals surface area contributed by atoms with E-state index in [1.54, 1.807) is 0 Å². The Morgan fingerprint density at radius 3 is 1.09 bits per heavy atom. The first-order valence-electron chi connectivity index (χ1n) is 43.5. The van der Waals surface area contributed by atoms with E-state index < -0.39 is 0 Å². The highest BCUT2D eigenvalue weighted by Crippen LogP contribution is 2.61. The average Bonchev–Trinajstić information content (AvgIpc) is 0.703. The molecule has 0 aliphatic heterocycles. The van der Waals surface area contributed by atoms with Crippen molar-refractivity contribution in [3.05, 3.63) is 356 Å². The van der Waals surface area contributed by atoms with Gasteiger partial charge in [0.1, 0.15) is 28.2 Å². The molecule has 0 bridgehead atoms. The molecule has 20 rings (SSSR count). The van der Waals surface area contributed by atoms with E-state index in [0.717, 1.165) is 12.8 Å². The molecule has 4 heteroatoms. The predicted molar refractivity (Wildman–Crippen MR) is 507 cm³/mol. The summed E-state index contributed by atoms with van der Waals surface area (Å²) in [5, 5.41) is 10.7. The van der Waals surface area contributed by atoms with Gasteiger partial charge in [0.2, 0.25) is 22.8 Å². The standard InChI is InChI=1S/3C30H32N.C26H24N/c1-19-12-17-25(31(7)18-19)26-20(2)13-15-24-23-16-14-21-10-8-9-11-22(21)27(23)29(3,4)30(5,6)28(24)26;1-19-12-15-27(31(7)18-19)23-17-24-26(16-20(23)2)30(5,6)29(3,4)25-14-13-21-10-8-9-11-22(21)28(24)25;1-19-12-15-27(31(7)18-19)24-17-25-23-14-13-21-10-8-9-11-22(21)28(23)30(5,6)29(3,4)26(25)16-20(24)2;1-17-8-13-25(27(3)16-17)26-18(2)9-11-22-23(26)12-10-21-14-19-6-4-5-7-20(19)15-24(21)22/h3*8-18H,1-7H3;4-9,11,13-16H,10,12H2,1-3H3/q4*+1. The summed E-state index contributed by atoms with van der Waals surface area (Å²) in [6, 6.07) is 91.0. The molecule has 0 unspecified atom stereocenters. The van der Waals surface area contributed by atoms with E-state index in [0.29, 0.717) is 0 Å². The summed E-state index contributed by atoms with van der Waals surface area (Å²) in [5.41, 5.74) is 44.0. The van der Waals surface area contributed by atoms with Gasteiger partial charge in [0.15, 0.2) is 24.8 Å². The molecule has 0 atom stereocenters. The van der Waals surface area contributed by atoms with Crippen molar-refractivity contribution >= 4 is 43.1 Å². The van der Waals surface area contributed by atoms with Crippen LogP contribution >= 0.6 is 0 Å². The van der Waals surface area contributed by atoms with Gasteiger partial charge in [0.05, 0.1) is 11.1 Å². The molecular weight excluding hydrogens is 1450 g/mol. The lowest BCUT2D eigenvalue weighted by Gasteiger charge is -2.49. The molecule has 4 aliphatic rings. The number of nitrogens with zero attached hydrogens (tertiary/aromatic N) is 4. The van der Waals surface area contributed by atoms with Gasteiger partial charge in [-0.2, -0.15) is 0 Å². The lowest BCUT2D eigenvalue weighted by atomic mass is 9.53. The Morgan fingerprint density at radius 2 is 0.583 bits per heavy atom. The number of rotatable bonds is 4. The molecule has 16 aromatic rings. The van der Waals surface area contributed by atoms with Gasteiger partial charge in [-0.3, -0.25) is 0 Å². The average molecular weight is 1570 g/mol. The molecule has 4 nitrogen and oxygen atoms in total. The number of benzene rings is 12. The van der Waals surface area contributed by atoms with Gasteiger partial charge in [0.25, 0.3) is 0 Å².